The average molecular weight is 295 g/mol. The van der Waals surface area contributed by atoms with E-state index >= 15 is 0 Å². The van der Waals surface area contributed by atoms with Crippen LogP contribution in [0, 0.1) is 0 Å². The van der Waals surface area contributed by atoms with Crippen LogP contribution < -0.4 is 0 Å². The molecule has 0 spiro atoms. The minimum atomic E-state index is 0.797. The molecule has 11 heavy (non-hydrogen) atoms. The first-order chi connectivity index (χ1) is 5.29. The van der Waals surface area contributed by atoms with Crippen LogP contribution in [0.25, 0.3) is 10.2 Å². The van der Waals surface area contributed by atoms with Crippen molar-refractivity contribution in [2.24, 2.45) is 0 Å². The van der Waals surface area contributed by atoms with Crippen molar-refractivity contribution in [2.45, 2.75) is 0 Å². The van der Waals surface area contributed by atoms with Crippen molar-refractivity contribution in [1.29, 1.82) is 0 Å². The third kappa shape index (κ3) is 1.19. The van der Waals surface area contributed by atoms with Crippen LogP contribution in [0.4, 0.5) is 0 Å². The molecule has 0 aliphatic carbocycles. The van der Waals surface area contributed by atoms with Crippen LogP contribution in [-0.2, 0) is 0 Å². The van der Waals surface area contributed by atoms with E-state index in [-0.39, 0.29) is 0 Å². The molecule has 0 amide bonds. The predicted octanol–water partition coefficient (Wildman–Crippen LogP) is 2.61. The number of hydrogen-bond donors (Lipinski definition) is 0. The number of nitrogens with zero attached hydrogens (tertiary/aromatic N) is 3. The van der Waals surface area contributed by atoms with Crippen molar-refractivity contribution in [3.05, 3.63) is 15.3 Å². The Morgan fingerprint density at radius 3 is 2.91 bits per heavy atom. The first-order valence-electron chi connectivity index (χ1n) is 2.71. The lowest BCUT2D eigenvalue weighted by atomic mass is 10.4. The molecule has 2 aromatic heterocycles. The van der Waals surface area contributed by atoms with E-state index in [0.717, 1.165) is 19.3 Å². The quantitative estimate of drug-likeness (QED) is 0.701. The maximum absolute atomic E-state index is 4.08. The van der Waals surface area contributed by atoms with Crippen molar-refractivity contribution in [3.8, 4) is 0 Å². The first kappa shape index (κ1) is 7.57. The van der Waals surface area contributed by atoms with Gasteiger partial charge in [-0.05, 0) is 43.4 Å². The monoisotopic (exact) mass is 293 g/mol. The molecule has 0 saturated heterocycles. The average Bonchev–Trinajstić information content (AvgIpc) is 2.45. The summed E-state index contributed by atoms with van der Waals surface area (Å²) in [6, 6.07) is 0. The number of rotatable bonds is 0. The van der Waals surface area contributed by atoms with Gasteiger partial charge in [0.1, 0.15) is 14.8 Å². The van der Waals surface area contributed by atoms with Gasteiger partial charge in [0.2, 0.25) is 0 Å². The normalized spacial score (nSPS) is 10.7. The Balaban J connectivity index is 2.96. The van der Waals surface area contributed by atoms with Crippen molar-refractivity contribution in [2.75, 3.05) is 0 Å². The van der Waals surface area contributed by atoms with E-state index in [1.165, 1.54) is 11.5 Å². The molecular formula is C5HBr2N3S. The van der Waals surface area contributed by atoms with E-state index in [4.69, 9.17) is 0 Å². The highest BCUT2D eigenvalue weighted by Gasteiger charge is 2.06. The molecule has 0 unspecified atom stereocenters. The van der Waals surface area contributed by atoms with E-state index in [1.54, 1.807) is 6.20 Å². The fourth-order valence-electron chi connectivity index (χ4n) is 0.715. The maximum Gasteiger partial charge on any atom is 0.127 e. The molecule has 0 bridgehead atoms. The van der Waals surface area contributed by atoms with Gasteiger partial charge in [-0.2, -0.15) is 0 Å². The molecule has 2 aromatic rings. The minimum Gasteiger partial charge on any atom is -0.246 e. The van der Waals surface area contributed by atoms with E-state index in [1.807, 2.05) is 0 Å². The summed E-state index contributed by atoms with van der Waals surface area (Å²) in [5.74, 6) is 0. The van der Waals surface area contributed by atoms with Crippen molar-refractivity contribution in [3.63, 3.8) is 0 Å². The second-order valence-electron chi connectivity index (χ2n) is 1.85. The smallest absolute Gasteiger partial charge is 0.127 e. The molecule has 0 radical (unpaired) electrons. The van der Waals surface area contributed by atoms with Gasteiger partial charge in [-0.25, -0.2) is 4.98 Å². The van der Waals surface area contributed by atoms with E-state index < -0.39 is 0 Å². The Labute approximate surface area is 83.3 Å². The molecule has 0 fully saturated rings. The molecule has 2 rings (SSSR count). The maximum atomic E-state index is 4.08. The Hall–Kier alpha value is -0.0700. The molecule has 0 N–H and O–H groups in total. The van der Waals surface area contributed by atoms with Gasteiger partial charge in [0.25, 0.3) is 0 Å². The Morgan fingerprint density at radius 2 is 2.18 bits per heavy atom. The zero-order valence-electron chi connectivity index (χ0n) is 5.08. The summed E-state index contributed by atoms with van der Waals surface area (Å²) in [4.78, 5) is 4.08. The number of hydrogen-bond acceptors (Lipinski definition) is 4. The number of halogens is 2. The number of pyridine rings is 1. The van der Waals surface area contributed by atoms with Crippen LogP contribution in [0.1, 0.15) is 0 Å². The molecule has 2 heterocycles. The lowest BCUT2D eigenvalue weighted by Gasteiger charge is -1.91. The topological polar surface area (TPSA) is 38.7 Å². The second-order valence-corrected chi connectivity index (χ2v) is 4.21. The molecule has 0 aromatic carbocycles. The summed E-state index contributed by atoms with van der Waals surface area (Å²) in [6.07, 6.45) is 1.70. The second kappa shape index (κ2) is 2.76. The lowest BCUT2D eigenvalue weighted by molar-refractivity contribution is 1.18. The highest BCUT2D eigenvalue weighted by atomic mass is 79.9. The minimum absolute atomic E-state index is 0.797. The fourth-order valence-corrected chi connectivity index (χ4v) is 2.30. The third-order valence-corrected chi connectivity index (χ3v) is 3.37. The highest BCUT2D eigenvalue weighted by Crippen LogP contribution is 2.28. The SMILES string of the molecule is Brc1cnc(Br)c2snnc12. The fraction of sp³-hybridized carbons (Fsp3) is 0. The first-order valence-corrected chi connectivity index (χ1v) is 5.07. The van der Waals surface area contributed by atoms with Crippen LogP contribution in [0.15, 0.2) is 15.3 Å². The van der Waals surface area contributed by atoms with Crippen LogP contribution >= 0.6 is 43.4 Å². The van der Waals surface area contributed by atoms with Crippen LogP contribution in [0.3, 0.4) is 0 Å². The summed E-state index contributed by atoms with van der Waals surface area (Å²) >= 11 is 7.97. The molecule has 0 aliphatic rings. The van der Waals surface area contributed by atoms with E-state index in [9.17, 15) is 0 Å². The van der Waals surface area contributed by atoms with Crippen molar-refractivity contribution < 1.29 is 0 Å². The largest absolute Gasteiger partial charge is 0.246 e. The lowest BCUT2D eigenvalue weighted by Crippen LogP contribution is -1.77. The van der Waals surface area contributed by atoms with Gasteiger partial charge in [-0.15, -0.1) is 5.10 Å². The van der Waals surface area contributed by atoms with E-state index in [0.29, 0.717) is 0 Å². The summed E-state index contributed by atoms with van der Waals surface area (Å²) < 4.78 is 6.46. The number of aromatic nitrogens is 3. The summed E-state index contributed by atoms with van der Waals surface area (Å²) in [5, 5.41) is 3.93. The molecule has 6 heteroatoms. The molecule has 3 nitrogen and oxygen atoms in total. The highest BCUT2D eigenvalue weighted by molar-refractivity contribution is 9.11. The van der Waals surface area contributed by atoms with E-state index in [2.05, 4.69) is 46.4 Å². The Bertz CT molecular complexity index is 364. The van der Waals surface area contributed by atoms with Gasteiger partial charge in [0.05, 0.1) is 4.47 Å². The molecular weight excluding hydrogens is 294 g/mol. The third-order valence-electron chi connectivity index (χ3n) is 1.19. The van der Waals surface area contributed by atoms with Gasteiger partial charge >= 0.3 is 0 Å². The molecule has 56 valence electrons. The summed E-state index contributed by atoms with van der Waals surface area (Å²) in [7, 11) is 0. The summed E-state index contributed by atoms with van der Waals surface area (Å²) in [6.45, 7) is 0. The van der Waals surface area contributed by atoms with Crippen molar-refractivity contribution in [1.82, 2.24) is 14.6 Å². The Kier molecular flexibility index (Phi) is 1.90. The van der Waals surface area contributed by atoms with Crippen LogP contribution in [0.2, 0.25) is 0 Å². The molecule has 0 saturated carbocycles. The van der Waals surface area contributed by atoms with Crippen LogP contribution in [0.5, 0.6) is 0 Å². The van der Waals surface area contributed by atoms with Gasteiger partial charge in [0.15, 0.2) is 0 Å². The number of fused-ring (bicyclic) bond motifs is 1. The zero-order chi connectivity index (χ0) is 7.84. The van der Waals surface area contributed by atoms with Gasteiger partial charge < -0.3 is 0 Å². The van der Waals surface area contributed by atoms with Gasteiger partial charge in [0, 0.05) is 6.20 Å². The summed E-state index contributed by atoms with van der Waals surface area (Å²) in [5.41, 5.74) is 0.858. The molecule has 0 aliphatic heterocycles. The predicted molar refractivity (Wildman–Crippen MR) is 50.6 cm³/mol. The van der Waals surface area contributed by atoms with Crippen molar-refractivity contribution >= 4 is 53.6 Å². The van der Waals surface area contributed by atoms with Gasteiger partial charge in [-0.1, -0.05) is 4.49 Å². The molecule has 0 atom stereocenters. The standard InChI is InChI=1S/C5HBr2N3S/c6-2-1-8-5(7)4-3(2)9-10-11-4/h1H. The Morgan fingerprint density at radius 1 is 1.36 bits per heavy atom. The zero-order valence-corrected chi connectivity index (χ0v) is 9.07. The van der Waals surface area contributed by atoms with Gasteiger partial charge in [-0.3, -0.25) is 0 Å². The van der Waals surface area contributed by atoms with Crippen LogP contribution in [-0.4, -0.2) is 14.6 Å².